The predicted molar refractivity (Wildman–Crippen MR) is 118 cm³/mol. The van der Waals surface area contributed by atoms with Crippen molar-refractivity contribution in [3.05, 3.63) is 102 Å². The van der Waals surface area contributed by atoms with E-state index in [9.17, 15) is 4.79 Å². The van der Waals surface area contributed by atoms with Crippen LogP contribution in [-0.4, -0.2) is 16.8 Å². The molecule has 4 rings (SSSR count). The minimum absolute atomic E-state index is 0.250. The molecule has 0 radical (unpaired) electrons. The third kappa shape index (κ3) is 3.15. The smallest absolute Gasteiger partial charge is 0.277 e. The van der Waals surface area contributed by atoms with Crippen molar-refractivity contribution in [2.24, 2.45) is 10.9 Å². The fraction of sp³-hybridized carbons (Fsp3) is 0.0435. The quantitative estimate of drug-likeness (QED) is 0.270. The summed E-state index contributed by atoms with van der Waals surface area (Å²) in [6.07, 6.45) is 1.85. The first-order valence-electron chi connectivity index (χ1n) is 8.45. The second-order valence-electron chi connectivity index (χ2n) is 6.12. The minimum atomic E-state index is -0.250. The van der Waals surface area contributed by atoms with Gasteiger partial charge < -0.3 is 0 Å². The fourth-order valence-electron chi connectivity index (χ4n) is 3.23. The Labute approximate surface area is 166 Å². The molecule has 3 heteroatoms. The van der Waals surface area contributed by atoms with Crippen LogP contribution in [0.1, 0.15) is 16.7 Å². The maximum Gasteiger partial charge on any atom is 0.336 e. The van der Waals surface area contributed by atoms with E-state index in [1.807, 2.05) is 72.9 Å². The lowest BCUT2D eigenvalue weighted by atomic mass is 9.97. The molecule has 1 unspecified atom stereocenters. The van der Waals surface area contributed by atoms with Gasteiger partial charge in [0.1, 0.15) is 5.92 Å². The van der Waals surface area contributed by atoms with Crippen LogP contribution in [-0.2, 0) is 0 Å². The number of nitrogens with zero attached hydrogens (tertiary/aromatic N) is 1. The molecule has 0 amide bonds. The molecular formula is C23H17INO+. The molecule has 0 bridgehead atoms. The molecule has 0 aromatic heterocycles. The highest BCUT2D eigenvalue weighted by Gasteiger charge is 2.40. The molecule has 0 fully saturated rings. The average Bonchev–Trinajstić information content (AvgIpc) is 2.99. The molecule has 1 aliphatic carbocycles. The van der Waals surface area contributed by atoms with E-state index in [0.717, 1.165) is 31.5 Å². The number of ketones is 1. The molecular weight excluding hydrogens is 433 g/mol. The van der Waals surface area contributed by atoms with Crippen molar-refractivity contribution in [2.75, 3.05) is 0 Å². The number of aliphatic imine (C=N–C) groups is 1. The number of benzene rings is 3. The number of hydrogen-bond donors (Lipinski definition) is 0. The monoisotopic (exact) mass is 450 g/mol. The van der Waals surface area contributed by atoms with Crippen molar-refractivity contribution in [2.45, 2.75) is 0 Å². The second-order valence-corrected chi connectivity index (χ2v) is 7.19. The van der Waals surface area contributed by atoms with E-state index >= 15 is 0 Å². The van der Waals surface area contributed by atoms with Crippen LogP contribution in [0.4, 0.5) is 5.69 Å². The van der Waals surface area contributed by atoms with Gasteiger partial charge in [0.15, 0.2) is 0 Å². The molecule has 3 aromatic carbocycles. The summed E-state index contributed by atoms with van der Waals surface area (Å²) in [7, 11) is 0. The summed E-state index contributed by atoms with van der Waals surface area (Å²) >= 11 is 2.38. The lowest BCUT2D eigenvalue weighted by molar-refractivity contribution is 0.665. The molecule has 1 aliphatic rings. The van der Waals surface area contributed by atoms with Crippen molar-refractivity contribution in [1.82, 2.24) is 0 Å². The molecule has 126 valence electrons. The Balaban J connectivity index is 1.84. The van der Waals surface area contributed by atoms with Crippen LogP contribution in [0.15, 0.2) is 89.9 Å². The zero-order valence-corrected chi connectivity index (χ0v) is 16.2. The van der Waals surface area contributed by atoms with Gasteiger partial charge >= 0.3 is 5.78 Å². The third-order valence-electron chi connectivity index (χ3n) is 4.49. The first-order chi connectivity index (χ1) is 12.8. The molecule has 26 heavy (non-hydrogen) atoms. The summed E-state index contributed by atoms with van der Waals surface area (Å²) in [5.41, 5.74) is 5.08. The van der Waals surface area contributed by atoms with E-state index in [1.54, 1.807) is 0 Å². The fourth-order valence-corrected chi connectivity index (χ4v) is 4.21. The zero-order chi connectivity index (χ0) is 17.9. The van der Waals surface area contributed by atoms with Gasteiger partial charge in [-0.1, -0.05) is 66.7 Å². The van der Waals surface area contributed by atoms with Gasteiger partial charge in [-0.15, -0.1) is 0 Å². The number of carbonyl (C=O) groups excluding carboxylic acids is 1. The van der Waals surface area contributed by atoms with E-state index in [1.165, 1.54) is 0 Å². The second kappa shape index (κ2) is 7.38. The van der Waals surface area contributed by atoms with Crippen LogP contribution < -0.4 is 0 Å². The molecule has 1 N–H and O–H groups in total. The Hall–Kier alpha value is -2.53. The first kappa shape index (κ1) is 16.9. The zero-order valence-electron chi connectivity index (χ0n) is 14.0. The van der Waals surface area contributed by atoms with Crippen LogP contribution in [0.5, 0.6) is 0 Å². The Morgan fingerprint density at radius 2 is 1.38 bits per heavy atom. The number of para-hydroxylation sites is 1. The highest BCUT2D eigenvalue weighted by atomic mass is 127. The van der Waals surface area contributed by atoms with Crippen LogP contribution in [0.2, 0.25) is 0 Å². The van der Waals surface area contributed by atoms with E-state index in [2.05, 4.69) is 45.8 Å². The van der Waals surface area contributed by atoms with Crippen LogP contribution in [0.25, 0.3) is 9.15 Å². The standard InChI is InChI=1S/C23H16INO/c24-22(16-9-3-1-4-10-16)21-18-13-7-8-14-19(18)23(26)20(21)15-25-17-11-5-2-6-12-17/h1-15,20H/p+1/b22-21-,25-15?. The molecule has 1 atom stereocenters. The lowest BCUT2D eigenvalue weighted by Gasteiger charge is -2.09. The summed E-state index contributed by atoms with van der Waals surface area (Å²) in [5, 5.41) is 0. The molecule has 0 saturated carbocycles. The van der Waals surface area contributed by atoms with Crippen LogP contribution in [0, 0.1) is 5.92 Å². The van der Waals surface area contributed by atoms with Crippen LogP contribution in [0.3, 0.4) is 0 Å². The normalized spacial score (nSPS) is 18.2. The molecule has 0 saturated heterocycles. The van der Waals surface area contributed by atoms with E-state index in [-0.39, 0.29) is 5.92 Å². The van der Waals surface area contributed by atoms with Crippen molar-refractivity contribution in [3.63, 3.8) is 0 Å². The van der Waals surface area contributed by atoms with Gasteiger partial charge in [0.05, 0.1) is 11.3 Å². The predicted octanol–water partition coefficient (Wildman–Crippen LogP) is 5.92. The topological polar surface area (TPSA) is 33.8 Å². The van der Waals surface area contributed by atoms with Crippen molar-refractivity contribution < 1.29 is 4.79 Å². The van der Waals surface area contributed by atoms with Gasteiger partial charge in [0.2, 0.25) is 0 Å². The Kier molecular flexibility index (Phi) is 4.80. The molecule has 0 heterocycles. The summed E-state index contributed by atoms with van der Waals surface area (Å²) < 4.78 is 1.13. The third-order valence-corrected chi connectivity index (χ3v) is 5.70. The molecule has 0 spiro atoms. The number of hydrogen-bond acceptors (Lipinski definition) is 1. The van der Waals surface area contributed by atoms with Gasteiger partial charge in [0, 0.05) is 9.79 Å². The largest absolute Gasteiger partial charge is 0.336 e. The summed E-state index contributed by atoms with van der Waals surface area (Å²) in [5.74, 6) is 0.111. The first-order valence-corrected chi connectivity index (χ1v) is 9.53. The van der Waals surface area contributed by atoms with Crippen molar-refractivity contribution >= 4 is 49.4 Å². The Bertz CT molecular complexity index is 1010. The molecule has 0 aliphatic heterocycles. The summed E-state index contributed by atoms with van der Waals surface area (Å²) in [4.78, 5) is 15.5. The van der Waals surface area contributed by atoms with Gasteiger partial charge in [-0.25, -0.2) is 0 Å². The Morgan fingerprint density at radius 1 is 0.808 bits per heavy atom. The highest BCUT2D eigenvalue weighted by Crippen LogP contribution is 2.43. The number of fused-ring (bicyclic) bond motifs is 1. The summed E-state index contributed by atoms with van der Waals surface area (Å²) in [6, 6.07) is 28.1. The average molecular weight is 450 g/mol. The van der Waals surface area contributed by atoms with Crippen molar-refractivity contribution in [1.29, 1.82) is 0 Å². The maximum atomic E-state index is 10.9. The lowest BCUT2D eigenvalue weighted by Crippen LogP contribution is -2.11. The van der Waals surface area contributed by atoms with E-state index < -0.39 is 0 Å². The maximum absolute atomic E-state index is 10.9. The van der Waals surface area contributed by atoms with Gasteiger partial charge in [0.25, 0.3) is 0 Å². The van der Waals surface area contributed by atoms with Crippen LogP contribution >= 0.6 is 22.6 Å². The SMILES string of the molecule is [OH+]=C1c2ccccc2/C(=C(/I)c2ccccc2)C1C=Nc1ccccc1. The van der Waals surface area contributed by atoms with E-state index in [4.69, 9.17) is 0 Å². The highest BCUT2D eigenvalue weighted by molar-refractivity contribution is 14.1. The van der Waals surface area contributed by atoms with E-state index in [0.29, 0.717) is 5.78 Å². The number of rotatable bonds is 3. The molecule has 2 nitrogen and oxygen atoms in total. The summed E-state index contributed by atoms with van der Waals surface area (Å²) in [6.45, 7) is 0. The van der Waals surface area contributed by atoms with Gasteiger partial charge in [-0.05, 0) is 57.5 Å². The van der Waals surface area contributed by atoms with Crippen molar-refractivity contribution in [3.8, 4) is 0 Å². The molecule has 3 aromatic rings. The Morgan fingerprint density at radius 3 is 2.08 bits per heavy atom. The number of halogens is 1. The van der Waals surface area contributed by atoms with Gasteiger partial charge in [-0.3, -0.25) is 9.79 Å². The minimum Gasteiger partial charge on any atom is -0.277 e. The van der Waals surface area contributed by atoms with Gasteiger partial charge in [-0.2, -0.15) is 0 Å². The number of allylic oxidation sites excluding steroid dienone is 1.